The van der Waals surface area contributed by atoms with Gasteiger partial charge in [0.15, 0.2) is 0 Å². The molecule has 0 atom stereocenters. The van der Waals surface area contributed by atoms with Gasteiger partial charge in [-0.25, -0.2) is 5.43 Å². The van der Waals surface area contributed by atoms with Crippen LogP contribution in [-0.2, 0) is 17.8 Å². The third-order valence-electron chi connectivity index (χ3n) is 4.34. The SMILES string of the molecule is CCc1ccc(C(N)=O)c(OCCN(NCc2ccccc2Cl)C(=O)CCO)c1. The van der Waals surface area contributed by atoms with Crippen molar-refractivity contribution in [3.8, 4) is 5.75 Å². The fourth-order valence-corrected chi connectivity index (χ4v) is 2.90. The zero-order chi connectivity index (χ0) is 21.2. The molecule has 0 aromatic heterocycles. The number of aryl methyl sites for hydroxylation is 1. The summed E-state index contributed by atoms with van der Waals surface area (Å²) < 4.78 is 5.75. The standard InChI is InChI=1S/C21H26ClN3O4/c1-2-15-7-8-17(21(23)28)19(13-15)29-12-10-25(20(27)9-11-26)24-14-16-5-3-4-6-18(16)22/h3-8,13,24,26H,2,9-12,14H2,1H3,(H2,23,28). The second kappa shape index (κ2) is 11.4. The summed E-state index contributed by atoms with van der Waals surface area (Å²) in [4.78, 5) is 23.9. The number of hydrogen-bond acceptors (Lipinski definition) is 5. The first-order valence-electron chi connectivity index (χ1n) is 9.40. The summed E-state index contributed by atoms with van der Waals surface area (Å²) in [6.07, 6.45) is 0.767. The summed E-state index contributed by atoms with van der Waals surface area (Å²) >= 11 is 6.16. The molecule has 29 heavy (non-hydrogen) atoms. The number of rotatable bonds is 11. The average Bonchev–Trinajstić information content (AvgIpc) is 2.71. The van der Waals surface area contributed by atoms with E-state index in [0.29, 0.717) is 22.9 Å². The van der Waals surface area contributed by atoms with Crippen LogP contribution in [0.4, 0.5) is 0 Å². The number of hydrazine groups is 1. The number of ether oxygens (including phenoxy) is 1. The number of aliphatic hydroxyl groups excluding tert-OH is 1. The second-order valence-electron chi connectivity index (χ2n) is 6.34. The van der Waals surface area contributed by atoms with E-state index >= 15 is 0 Å². The van der Waals surface area contributed by atoms with Crippen LogP contribution in [0.2, 0.25) is 5.02 Å². The summed E-state index contributed by atoms with van der Waals surface area (Å²) in [5, 5.41) is 11.1. The largest absolute Gasteiger partial charge is 0.491 e. The van der Waals surface area contributed by atoms with Gasteiger partial charge in [0.05, 0.1) is 25.1 Å². The van der Waals surface area contributed by atoms with Crippen molar-refractivity contribution < 1.29 is 19.4 Å². The van der Waals surface area contributed by atoms with Gasteiger partial charge in [-0.2, -0.15) is 0 Å². The molecule has 0 fully saturated rings. The number of nitrogens with two attached hydrogens (primary N) is 1. The Morgan fingerprint density at radius 3 is 2.66 bits per heavy atom. The van der Waals surface area contributed by atoms with Crippen molar-refractivity contribution in [1.82, 2.24) is 10.4 Å². The maximum atomic E-state index is 12.3. The molecule has 0 saturated carbocycles. The first-order chi connectivity index (χ1) is 14.0. The minimum Gasteiger partial charge on any atom is -0.491 e. The fraction of sp³-hybridized carbons (Fsp3) is 0.333. The number of aliphatic hydroxyl groups is 1. The van der Waals surface area contributed by atoms with Gasteiger partial charge < -0.3 is 15.6 Å². The van der Waals surface area contributed by atoms with E-state index in [-0.39, 0.29) is 32.1 Å². The smallest absolute Gasteiger partial charge is 0.252 e. The highest BCUT2D eigenvalue weighted by molar-refractivity contribution is 6.31. The zero-order valence-corrected chi connectivity index (χ0v) is 17.1. The lowest BCUT2D eigenvalue weighted by molar-refractivity contribution is -0.135. The lowest BCUT2D eigenvalue weighted by atomic mass is 10.1. The van der Waals surface area contributed by atoms with Crippen molar-refractivity contribution in [1.29, 1.82) is 0 Å². The monoisotopic (exact) mass is 419 g/mol. The molecular weight excluding hydrogens is 394 g/mol. The highest BCUT2D eigenvalue weighted by Crippen LogP contribution is 2.21. The molecule has 0 radical (unpaired) electrons. The molecule has 4 N–H and O–H groups in total. The summed E-state index contributed by atoms with van der Waals surface area (Å²) in [6, 6.07) is 12.6. The lowest BCUT2D eigenvalue weighted by Crippen LogP contribution is -2.45. The predicted molar refractivity (Wildman–Crippen MR) is 112 cm³/mol. The van der Waals surface area contributed by atoms with Gasteiger partial charge in [-0.3, -0.25) is 14.6 Å². The van der Waals surface area contributed by atoms with Crippen LogP contribution in [0.5, 0.6) is 5.75 Å². The molecule has 2 amide bonds. The number of amides is 2. The number of nitrogens with zero attached hydrogens (tertiary/aromatic N) is 1. The number of carbonyl (C=O) groups excluding carboxylic acids is 2. The number of halogens is 1. The van der Waals surface area contributed by atoms with Gasteiger partial charge in [0.2, 0.25) is 5.91 Å². The Balaban J connectivity index is 2.03. The Labute approximate surface area is 175 Å². The molecule has 2 aromatic rings. The van der Waals surface area contributed by atoms with Gasteiger partial charge in [0.1, 0.15) is 12.4 Å². The van der Waals surface area contributed by atoms with E-state index < -0.39 is 5.91 Å². The number of benzene rings is 2. The molecule has 2 rings (SSSR count). The fourth-order valence-electron chi connectivity index (χ4n) is 2.70. The summed E-state index contributed by atoms with van der Waals surface area (Å²) in [5.74, 6) is -0.467. The number of primary amides is 1. The van der Waals surface area contributed by atoms with Crippen LogP contribution < -0.4 is 15.9 Å². The molecular formula is C21H26ClN3O4. The van der Waals surface area contributed by atoms with Crippen LogP contribution in [0.15, 0.2) is 42.5 Å². The zero-order valence-electron chi connectivity index (χ0n) is 16.4. The van der Waals surface area contributed by atoms with Gasteiger partial charge in [0.25, 0.3) is 5.91 Å². The van der Waals surface area contributed by atoms with Crippen LogP contribution >= 0.6 is 11.6 Å². The van der Waals surface area contributed by atoms with E-state index in [9.17, 15) is 9.59 Å². The van der Waals surface area contributed by atoms with Crippen LogP contribution in [0.3, 0.4) is 0 Å². The summed E-state index contributed by atoms with van der Waals surface area (Å²) in [6.45, 7) is 2.43. The molecule has 156 valence electrons. The Morgan fingerprint density at radius 1 is 1.24 bits per heavy atom. The quantitative estimate of drug-likeness (QED) is 0.485. The molecule has 8 heteroatoms. The maximum absolute atomic E-state index is 12.3. The van der Waals surface area contributed by atoms with Crippen molar-refractivity contribution in [3.05, 3.63) is 64.2 Å². The number of carbonyl (C=O) groups is 2. The molecule has 0 aliphatic heterocycles. The Hall–Kier alpha value is -2.61. The highest BCUT2D eigenvalue weighted by Gasteiger charge is 2.15. The molecule has 0 aliphatic carbocycles. The normalized spacial score (nSPS) is 10.6. The minimum absolute atomic E-state index is 0.0205. The van der Waals surface area contributed by atoms with E-state index in [2.05, 4.69) is 5.43 Å². The first kappa shape index (κ1) is 22.7. The van der Waals surface area contributed by atoms with Gasteiger partial charge in [-0.15, -0.1) is 0 Å². The van der Waals surface area contributed by atoms with Crippen LogP contribution in [0, 0.1) is 0 Å². The molecule has 0 spiro atoms. The molecule has 0 unspecified atom stereocenters. The van der Waals surface area contributed by atoms with Gasteiger partial charge in [-0.1, -0.05) is 42.8 Å². The molecule has 0 bridgehead atoms. The molecule has 2 aromatic carbocycles. The molecule has 0 aliphatic rings. The van der Waals surface area contributed by atoms with Crippen LogP contribution in [0.1, 0.15) is 34.8 Å². The Morgan fingerprint density at radius 2 is 2.00 bits per heavy atom. The third-order valence-corrected chi connectivity index (χ3v) is 4.71. The number of nitrogens with one attached hydrogen (secondary N) is 1. The summed E-state index contributed by atoms with van der Waals surface area (Å²) in [7, 11) is 0. The van der Waals surface area contributed by atoms with Gasteiger partial charge in [0, 0.05) is 11.6 Å². The minimum atomic E-state index is -0.576. The van der Waals surface area contributed by atoms with E-state index in [1.165, 1.54) is 5.01 Å². The van der Waals surface area contributed by atoms with Crippen molar-refractivity contribution >= 4 is 23.4 Å². The van der Waals surface area contributed by atoms with Crippen LogP contribution in [0.25, 0.3) is 0 Å². The summed E-state index contributed by atoms with van der Waals surface area (Å²) in [5.41, 5.74) is 10.6. The van der Waals surface area contributed by atoms with Crippen molar-refractivity contribution in [2.45, 2.75) is 26.3 Å². The molecule has 7 nitrogen and oxygen atoms in total. The maximum Gasteiger partial charge on any atom is 0.252 e. The van der Waals surface area contributed by atoms with E-state index in [4.69, 9.17) is 27.2 Å². The molecule has 0 heterocycles. The first-order valence-corrected chi connectivity index (χ1v) is 9.77. The molecule has 0 saturated heterocycles. The van der Waals surface area contributed by atoms with Crippen molar-refractivity contribution in [2.24, 2.45) is 5.73 Å². The predicted octanol–water partition coefficient (Wildman–Crippen LogP) is 2.30. The van der Waals surface area contributed by atoms with Crippen molar-refractivity contribution in [2.75, 3.05) is 19.8 Å². The topological polar surface area (TPSA) is 105 Å². The van der Waals surface area contributed by atoms with E-state index in [1.54, 1.807) is 18.2 Å². The Bertz CT molecular complexity index is 844. The van der Waals surface area contributed by atoms with Gasteiger partial charge >= 0.3 is 0 Å². The average molecular weight is 420 g/mol. The van der Waals surface area contributed by atoms with Crippen LogP contribution in [-0.4, -0.2) is 41.7 Å². The van der Waals surface area contributed by atoms with E-state index in [0.717, 1.165) is 17.5 Å². The number of hydrogen-bond donors (Lipinski definition) is 3. The van der Waals surface area contributed by atoms with E-state index in [1.807, 2.05) is 31.2 Å². The Kier molecular flexibility index (Phi) is 8.92. The highest BCUT2D eigenvalue weighted by atomic mass is 35.5. The van der Waals surface area contributed by atoms with Crippen molar-refractivity contribution in [3.63, 3.8) is 0 Å². The second-order valence-corrected chi connectivity index (χ2v) is 6.75. The lowest BCUT2D eigenvalue weighted by Gasteiger charge is -2.24. The third kappa shape index (κ3) is 6.74. The van der Waals surface area contributed by atoms with Gasteiger partial charge in [-0.05, 0) is 35.7 Å².